The molecule has 0 saturated heterocycles. The molecule has 0 N–H and O–H groups in total. The summed E-state index contributed by atoms with van der Waals surface area (Å²) in [6.07, 6.45) is 5.23. The second-order valence-corrected chi connectivity index (χ2v) is 6.76. The lowest BCUT2D eigenvalue weighted by atomic mass is 9.87. The molecule has 0 aliphatic carbocycles. The number of fused-ring (bicyclic) bond motifs is 2. The van der Waals surface area contributed by atoms with Crippen molar-refractivity contribution in [2.24, 2.45) is 0 Å². The molecule has 0 atom stereocenters. The maximum absolute atomic E-state index is 3.98. The molecule has 0 nitrogen and oxygen atoms in total. The highest BCUT2D eigenvalue weighted by molar-refractivity contribution is 6.15. The molecule has 0 aliphatic rings. The second kappa shape index (κ2) is 7.01. The van der Waals surface area contributed by atoms with Crippen LogP contribution in [-0.4, -0.2) is 0 Å². The smallest absolute Gasteiger partial charge is 0.00266 e. The normalized spacial score (nSPS) is 11.4. The monoisotopic (exact) mass is 334 g/mol. The first-order valence-electron chi connectivity index (χ1n) is 9.05. The van der Waals surface area contributed by atoms with Crippen LogP contribution < -0.4 is 0 Å². The number of hydrogen-bond donors (Lipinski definition) is 0. The summed E-state index contributed by atoms with van der Waals surface area (Å²) in [5.74, 6) is 0. The van der Waals surface area contributed by atoms with Crippen molar-refractivity contribution in [3.63, 3.8) is 0 Å². The molecular weight excluding hydrogens is 312 g/mol. The summed E-state index contributed by atoms with van der Waals surface area (Å²) in [4.78, 5) is 0. The van der Waals surface area contributed by atoms with E-state index in [1.165, 1.54) is 38.2 Å². The van der Waals surface area contributed by atoms with Crippen LogP contribution in [-0.2, 0) is 6.42 Å². The SMILES string of the molecule is C=C(C)/C=C\Cc1c2ccccc2c(-c2ccccc2)c2ccccc12. The largest absolute Gasteiger partial charge is 0.0961 e. The average Bonchev–Trinajstić information content (AvgIpc) is 2.68. The molecule has 0 fully saturated rings. The third-order valence-corrected chi connectivity index (χ3v) is 4.83. The zero-order valence-corrected chi connectivity index (χ0v) is 15.1. The standard InChI is InChI=1S/C26H22/c1-19(2)11-10-18-21-22-14-6-8-16-24(22)26(20-12-4-3-5-13-20)25-17-9-7-15-23(21)25/h3-17H,1,18H2,2H3/b11-10-. The molecule has 0 aliphatic heterocycles. The van der Waals surface area contributed by atoms with E-state index in [9.17, 15) is 0 Å². The third kappa shape index (κ3) is 2.95. The number of rotatable bonds is 4. The van der Waals surface area contributed by atoms with Crippen molar-refractivity contribution in [2.75, 3.05) is 0 Å². The first kappa shape index (κ1) is 16.4. The predicted molar refractivity (Wildman–Crippen MR) is 115 cm³/mol. The van der Waals surface area contributed by atoms with E-state index in [0.29, 0.717) is 0 Å². The van der Waals surface area contributed by atoms with Crippen molar-refractivity contribution in [1.29, 1.82) is 0 Å². The highest BCUT2D eigenvalue weighted by Gasteiger charge is 2.13. The molecule has 0 heterocycles. The molecule has 4 aromatic rings. The zero-order chi connectivity index (χ0) is 17.9. The fraction of sp³-hybridized carbons (Fsp3) is 0.0769. The van der Waals surface area contributed by atoms with Crippen molar-refractivity contribution < 1.29 is 0 Å². The molecule has 126 valence electrons. The Labute approximate surface area is 155 Å². The lowest BCUT2D eigenvalue weighted by Crippen LogP contribution is -1.92. The highest BCUT2D eigenvalue weighted by atomic mass is 14.2. The topological polar surface area (TPSA) is 0 Å². The third-order valence-electron chi connectivity index (χ3n) is 4.83. The average molecular weight is 334 g/mol. The molecule has 0 bridgehead atoms. The van der Waals surface area contributed by atoms with E-state index in [1.54, 1.807) is 0 Å². The van der Waals surface area contributed by atoms with Crippen molar-refractivity contribution in [3.05, 3.63) is 109 Å². The van der Waals surface area contributed by atoms with Crippen LogP contribution in [0.4, 0.5) is 0 Å². The van der Waals surface area contributed by atoms with Gasteiger partial charge in [0.1, 0.15) is 0 Å². The van der Waals surface area contributed by atoms with Crippen LogP contribution in [0.2, 0.25) is 0 Å². The van der Waals surface area contributed by atoms with E-state index in [0.717, 1.165) is 12.0 Å². The Hall–Kier alpha value is -3.12. The fourth-order valence-corrected chi connectivity index (χ4v) is 3.73. The molecule has 0 amide bonds. The van der Waals surface area contributed by atoms with Crippen LogP contribution in [0.15, 0.2) is 103 Å². The van der Waals surface area contributed by atoms with Gasteiger partial charge in [-0.3, -0.25) is 0 Å². The van der Waals surface area contributed by atoms with Gasteiger partial charge in [-0.05, 0) is 51.6 Å². The first-order chi connectivity index (χ1) is 12.8. The van der Waals surface area contributed by atoms with E-state index in [-0.39, 0.29) is 0 Å². The van der Waals surface area contributed by atoms with Gasteiger partial charge in [0, 0.05) is 0 Å². The molecule has 0 unspecified atom stereocenters. The number of allylic oxidation sites excluding steroid dienone is 3. The minimum absolute atomic E-state index is 0.906. The molecule has 0 spiro atoms. The fourth-order valence-electron chi connectivity index (χ4n) is 3.73. The summed E-state index contributed by atoms with van der Waals surface area (Å²) in [5, 5.41) is 5.29. The number of benzene rings is 4. The van der Waals surface area contributed by atoms with Gasteiger partial charge in [-0.15, -0.1) is 0 Å². The summed E-state index contributed by atoms with van der Waals surface area (Å²) in [6, 6.07) is 28.2. The van der Waals surface area contributed by atoms with Gasteiger partial charge >= 0.3 is 0 Å². The highest BCUT2D eigenvalue weighted by Crippen LogP contribution is 2.39. The van der Waals surface area contributed by atoms with E-state index in [4.69, 9.17) is 0 Å². The van der Waals surface area contributed by atoms with Crippen LogP contribution in [0.25, 0.3) is 32.7 Å². The van der Waals surface area contributed by atoms with Crippen LogP contribution in [0.1, 0.15) is 12.5 Å². The van der Waals surface area contributed by atoms with Gasteiger partial charge in [0.2, 0.25) is 0 Å². The van der Waals surface area contributed by atoms with Gasteiger partial charge in [0.05, 0.1) is 0 Å². The Morgan fingerprint density at radius 1 is 0.731 bits per heavy atom. The van der Waals surface area contributed by atoms with Gasteiger partial charge in [-0.2, -0.15) is 0 Å². The maximum Gasteiger partial charge on any atom is -0.00266 e. The maximum atomic E-state index is 3.98. The quantitative estimate of drug-likeness (QED) is 0.270. The minimum atomic E-state index is 0.906. The van der Waals surface area contributed by atoms with Crippen molar-refractivity contribution in [3.8, 4) is 11.1 Å². The Morgan fingerprint density at radius 3 is 1.77 bits per heavy atom. The lowest BCUT2D eigenvalue weighted by Gasteiger charge is -2.16. The Morgan fingerprint density at radius 2 is 1.23 bits per heavy atom. The van der Waals surface area contributed by atoms with E-state index in [2.05, 4.69) is 97.6 Å². The van der Waals surface area contributed by atoms with Crippen molar-refractivity contribution in [1.82, 2.24) is 0 Å². The zero-order valence-electron chi connectivity index (χ0n) is 15.1. The molecule has 0 heteroatoms. The molecule has 4 rings (SSSR count). The van der Waals surface area contributed by atoms with Gasteiger partial charge in [0.25, 0.3) is 0 Å². The van der Waals surface area contributed by atoms with Crippen LogP contribution >= 0.6 is 0 Å². The summed E-state index contributed by atoms with van der Waals surface area (Å²) >= 11 is 0. The predicted octanol–water partition coefficient (Wildman–Crippen LogP) is 7.33. The summed E-state index contributed by atoms with van der Waals surface area (Å²) in [7, 11) is 0. The Kier molecular flexibility index (Phi) is 4.41. The molecular formula is C26H22. The van der Waals surface area contributed by atoms with Gasteiger partial charge in [0.15, 0.2) is 0 Å². The summed E-state index contributed by atoms with van der Waals surface area (Å²) in [6.45, 7) is 6.01. The lowest BCUT2D eigenvalue weighted by molar-refractivity contribution is 1.31. The van der Waals surface area contributed by atoms with Crippen LogP contribution in [0.3, 0.4) is 0 Å². The van der Waals surface area contributed by atoms with Crippen LogP contribution in [0.5, 0.6) is 0 Å². The molecule has 4 aromatic carbocycles. The summed E-state index contributed by atoms with van der Waals surface area (Å²) < 4.78 is 0. The van der Waals surface area contributed by atoms with E-state index < -0.39 is 0 Å². The molecule has 26 heavy (non-hydrogen) atoms. The van der Waals surface area contributed by atoms with Gasteiger partial charge in [-0.25, -0.2) is 0 Å². The van der Waals surface area contributed by atoms with E-state index in [1.807, 2.05) is 6.92 Å². The van der Waals surface area contributed by atoms with Crippen molar-refractivity contribution >= 4 is 21.5 Å². The van der Waals surface area contributed by atoms with E-state index >= 15 is 0 Å². The van der Waals surface area contributed by atoms with Gasteiger partial charge in [-0.1, -0.05) is 103 Å². The molecule has 0 saturated carbocycles. The second-order valence-electron chi connectivity index (χ2n) is 6.76. The van der Waals surface area contributed by atoms with Crippen molar-refractivity contribution in [2.45, 2.75) is 13.3 Å². The summed E-state index contributed by atoms with van der Waals surface area (Å²) in [5.41, 5.74) is 5.06. The Bertz CT molecular complexity index is 1060. The van der Waals surface area contributed by atoms with Gasteiger partial charge < -0.3 is 0 Å². The van der Waals surface area contributed by atoms with Crippen LogP contribution in [0, 0.1) is 0 Å². The first-order valence-corrected chi connectivity index (χ1v) is 9.05. The minimum Gasteiger partial charge on any atom is -0.0961 e. The molecule has 0 radical (unpaired) electrons. The number of hydrogen-bond acceptors (Lipinski definition) is 0. The Balaban J connectivity index is 2.08. The molecule has 0 aromatic heterocycles.